The van der Waals surface area contributed by atoms with Crippen molar-refractivity contribution in [2.24, 2.45) is 5.92 Å². The van der Waals surface area contributed by atoms with Crippen molar-refractivity contribution in [1.29, 1.82) is 0 Å². The molecule has 0 aromatic carbocycles. The van der Waals surface area contributed by atoms with Gasteiger partial charge in [-0.2, -0.15) is 0 Å². The van der Waals surface area contributed by atoms with Gasteiger partial charge in [-0.15, -0.1) is 0 Å². The number of furan rings is 1. The van der Waals surface area contributed by atoms with Gasteiger partial charge in [0.2, 0.25) is 0 Å². The molecule has 5 heteroatoms. The summed E-state index contributed by atoms with van der Waals surface area (Å²) in [4.78, 5) is 11.7. The van der Waals surface area contributed by atoms with E-state index in [-0.39, 0.29) is 5.91 Å². The predicted molar refractivity (Wildman–Crippen MR) is 76.1 cm³/mol. The molecule has 1 saturated carbocycles. The van der Waals surface area contributed by atoms with E-state index in [0.717, 1.165) is 6.42 Å². The highest BCUT2D eigenvalue weighted by molar-refractivity contribution is 9.10. The number of ether oxygens (including phenoxy) is 1. The summed E-state index contributed by atoms with van der Waals surface area (Å²) in [7, 11) is 0. The van der Waals surface area contributed by atoms with Crippen molar-refractivity contribution in [3.63, 3.8) is 0 Å². The first-order valence-corrected chi connectivity index (χ1v) is 7.61. The Morgan fingerprint density at radius 1 is 1.47 bits per heavy atom. The predicted octanol–water partition coefficient (Wildman–Crippen LogP) is 3.37. The van der Waals surface area contributed by atoms with Gasteiger partial charge in [0, 0.05) is 6.54 Å². The fourth-order valence-electron chi connectivity index (χ4n) is 2.43. The fourth-order valence-corrected chi connectivity index (χ4v) is 2.73. The van der Waals surface area contributed by atoms with Crippen LogP contribution in [-0.2, 0) is 4.74 Å². The van der Waals surface area contributed by atoms with Crippen LogP contribution in [0.3, 0.4) is 0 Å². The number of amides is 1. The highest BCUT2D eigenvalue weighted by Crippen LogP contribution is 2.25. The van der Waals surface area contributed by atoms with Crippen molar-refractivity contribution in [3.8, 4) is 0 Å². The van der Waals surface area contributed by atoms with Gasteiger partial charge in [0.25, 0.3) is 5.91 Å². The molecule has 1 heterocycles. The number of halogens is 1. The lowest BCUT2D eigenvalue weighted by molar-refractivity contribution is -0.00300. The summed E-state index contributed by atoms with van der Waals surface area (Å²) in [5.41, 5.74) is 0. The number of carbonyl (C=O) groups excluding carboxylic acids is 1. The van der Waals surface area contributed by atoms with Crippen molar-refractivity contribution >= 4 is 21.8 Å². The van der Waals surface area contributed by atoms with Gasteiger partial charge in [0.1, 0.15) is 0 Å². The van der Waals surface area contributed by atoms with Crippen LogP contribution < -0.4 is 5.32 Å². The van der Waals surface area contributed by atoms with E-state index >= 15 is 0 Å². The van der Waals surface area contributed by atoms with Crippen LogP contribution in [0.5, 0.6) is 0 Å². The van der Waals surface area contributed by atoms with E-state index in [1.807, 2.05) is 0 Å². The van der Waals surface area contributed by atoms with Crippen molar-refractivity contribution in [2.45, 2.75) is 38.7 Å². The number of carbonyl (C=O) groups is 1. The molecule has 0 aliphatic heterocycles. The minimum Gasteiger partial charge on any atom is -0.444 e. The third kappa shape index (κ3) is 4.35. The molecule has 1 aliphatic rings. The lowest BCUT2D eigenvalue weighted by atomic mass is 9.88. The molecule has 0 radical (unpaired) electrons. The molecule has 1 fully saturated rings. The second-order valence-electron chi connectivity index (χ2n) is 5.03. The largest absolute Gasteiger partial charge is 0.444 e. The quantitative estimate of drug-likeness (QED) is 0.842. The molecule has 2 unspecified atom stereocenters. The van der Waals surface area contributed by atoms with Crippen LogP contribution in [0, 0.1) is 5.92 Å². The average Bonchev–Trinajstić information content (AvgIpc) is 2.83. The average molecular weight is 330 g/mol. The van der Waals surface area contributed by atoms with Gasteiger partial charge in [-0.25, -0.2) is 0 Å². The third-order valence-electron chi connectivity index (χ3n) is 3.55. The topological polar surface area (TPSA) is 51.5 Å². The van der Waals surface area contributed by atoms with Crippen LogP contribution in [-0.4, -0.2) is 25.2 Å². The first kappa shape index (κ1) is 14.6. The highest BCUT2D eigenvalue weighted by atomic mass is 79.9. The monoisotopic (exact) mass is 329 g/mol. The molecular formula is C14H20BrNO3. The minimum atomic E-state index is -0.203. The maximum atomic E-state index is 11.7. The van der Waals surface area contributed by atoms with Crippen molar-refractivity contribution in [2.75, 3.05) is 13.2 Å². The van der Waals surface area contributed by atoms with Gasteiger partial charge in [0.05, 0.1) is 12.7 Å². The molecule has 0 bridgehead atoms. The van der Waals surface area contributed by atoms with Crippen LogP contribution in [0.15, 0.2) is 21.2 Å². The fraction of sp³-hybridized carbons (Fsp3) is 0.643. The van der Waals surface area contributed by atoms with Crippen LogP contribution in [0.25, 0.3) is 0 Å². The first-order valence-electron chi connectivity index (χ1n) is 6.82. The molecule has 1 aliphatic carbocycles. The molecule has 0 saturated heterocycles. The SMILES string of the molecule is CC1CCCCC1OCCNC(=O)c1ccc(Br)o1. The minimum absolute atomic E-state index is 0.203. The second kappa shape index (κ2) is 7.10. The maximum absolute atomic E-state index is 11.7. The Labute approximate surface area is 122 Å². The molecule has 106 valence electrons. The molecule has 1 amide bonds. The molecular weight excluding hydrogens is 310 g/mol. The van der Waals surface area contributed by atoms with Crippen LogP contribution in [0.1, 0.15) is 43.2 Å². The van der Waals surface area contributed by atoms with Crippen molar-refractivity contribution < 1.29 is 13.9 Å². The van der Waals surface area contributed by atoms with Gasteiger partial charge in [-0.1, -0.05) is 19.8 Å². The standard InChI is InChI=1S/C14H20BrNO3/c1-10-4-2-3-5-11(10)18-9-8-16-14(17)12-6-7-13(15)19-12/h6-7,10-11H,2-5,8-9H2,1H3,(H,16,17). The normalized spacial score (nSPS) is 23.3. The zero-order valence-electron chi connectivity index (χ0n) is 11.2. The van der Waals surface area contributed by atoms with E-state index < -0.39 is 0 Å². The summed E-state index contributed by atoms with van der Waals surface area (Å²) in [5, 5.41) is 2.79. The second-order valence-corrected chi connectivity index (χ2v) is 5.81. The van der Waals surface area contributed by atoms with Gasteiger partial charge in [-0.3, -0.25) is 4.79 Å². The Balaban J connectivity index is 1.65. The molecule has 19 heavy (non-hydrogen) atoms. The Kier molecular flexibility index (Phi) is 5.45. The summed E-state index contributed by atoms with van der Waals surface area (Å²) in [6.07, 6.45) is 5.30. The molecule has 4 nitrogen and oxygen atoms in total. The highest BCUT2D eigenvalue weighted by Gasteiger charge is 2.21. The lowest BCUT2D eigenvalue weighted by Gasteiger charge is -2.28. The summed E-state index contributed by atoms with van der Waals surface area (Å²) in [5.74, 6) is 0.745. The zero-order valence-corrected chi connectivity index (χ0v) is 12.7. The molecule has 1 aromatic rings. The number of hydrogen-bond donors (Lipinski definition) is 1. The van der Waals surface area contributed by atoms with Gasteiger partial charge >= 0.3 is 0 Å². The van der Waals surface area contributed by atoms with E-state index in [0.29, 0.717) is 35.6 Å². The number of nitrogens with one attached hydrogen (secondary N) is 1. The third-order valence-corrected chi connectivity index (χ3v) is 3.98. The summed E-state index contributed by atoms with van der Waals surface area (Å²) < 4.78 is 11.6. The van der Waals surface area contributed by atoms with Gasteiger partial charge < -0.3 is 14.5 Å². The lowest BCUT2D eigenvalue weighted by Crippen LogP contribution is -2.31. The Hall–Kier alpha value is -0.810. The molecule has 2 atom stereocenters. The van der Waals surface area contributed by atoms with Crippen molar-refractivity contribution in [3.05, 3.63) is 22.6 Å². The Morgan fingerprint density at radius 2 is 2.26 bits per heavy atom. The smallest absolute Gasteiger partial charge is 0.287 e. The van der Waals surface area contributed by atoms with Crippen LogP contribution in [0.4, 0.5) is 0 Å². The summed E-state index contributed by atoms with van der Waals surface area (Å²) in [6, 6.07) is 3.35. The number of hydrogen-bond acceptors (Lipinski definition) is 3. The Bertz CT molecular complexity index is 419. The molecule has 1 aromatic heterocycles. The van der Waals surface area contributed by atoms with Gasteiger partial charge in [0.15, 0.2) is 10.4 Å². The molecule has 1 N–H and O–H groups in total. The van der Waals surface area contributed by atoms with Crippen LogP contribution >= 0.6 is 15.9 Å². The van der Waals surface area contributed by atoms with E-state index in [9.17, 15) is 4.79 Å². The van der Waals surface area contributed by atoms with E-state index in [1.54, 1.807) is 12.1 Å². The summed E-state index contributed by atoms with van der Waals surface area (Å²) in [6.45, 7) is 3.31. The summed E-state index contributed by atoms with van der Waals surface area (Å²) >= 11 is 3.17. The van der Waals surface area contributed by atoms with E-state index in [1.165, 1.54) is 19.3 Å². The first-order chi connectivity index (χ1) is 9.16. The number of rotatable bonds is 5. The van der Waals surface area contributed by atoms with E-state index in [4.69, 9.17) is 9.15 Å². The van der Waals surface area contributed by atoms with Gasteiger partial charge in [-0.05, 0) is 46.8 Å². The van der Waals surface area contributed by atoms with E-state index in [2.05, 4.69) is 28.2 Å². The zero-order chi connectivity index (χ0) is 13.7. The maximum Gasteiger partial charge on any atom is 0.287 e. The van der Waals surface area contributed by atoms with Crippen molar-refractivity contribution in [1.82, 2.24) is 5.32 Å². The van der Waals surface area contributed by atoms with Crippen LogP contribution in [0.2, 0.25) is 0 Å². The Morgan fingerprint density at radius 3 is 2.95 bits per heavy atom. The molecule has 0 spiro atoms. The molecule has 2 rings (SSSR count).